The quantitative estimate of drug-likeness (QED) is 0.744. The molecule has 2 aromatic heterocycles. The van der Waals surface area contributed by atoms with Gasteiger partial charge in [0.25, 0.3) is 0 Å². The maximum absolute atomic E-state index is 4.61. The molecule has 3 rings (SSSR count). The Balaban J connectivity index is 1.97. The lowest BCUT2D eigenvalue weighted by molar-refractivity contribution is 1.05. The number of nitrogens with one attached hydrogen (secondary N) is 1. The van der Waals surface area contributed by atoms with E-state index in [2.05, 4.69) is 24.6 Å². The molecule has 1 aromatic carbocycles. The first kappa shape index (κ1) is 14.0. The fraction of sp³-hybridized carbons (Fsp3) is 0.143. The van der Waals surface area contributed by atoms with Crippen LogP contribution in [0, 0.1) is 6.92 Å². The number of rotatable bonds is 4. The van der Waals surface area contributed by atoms with Gasteiger partial charge >= 0.3 is 0 Å². The van der Waals surface area contributed by atoms with Crippen LogP contribution >= 0.6 is 23.3 Å². The van der Waals surface area contributed by atoms with E-state index in [1.165, 1.54) is 23.3 Å². The minimum atomic E-state index is 0.700. The van der Waals surface area contributed by atoms with Crippen molar-refractivity contribution in [2.75, 3.05) is 12.4 Å². The Bertz CT molecular complexity index is 742. The normalized spacial score (nSPS) is 10.6. The summed E-state index contributed by atoms with van der Waals surface area (Å²) in [4.78, 5) is 13.5. The molecule has 21 heavy (non-hydrogen) atoms. The van der Waals surface area contributed by atoms with Gasteiger partial charge in [0, 0.05) is 18.7 Å². The maximum Gasteiger partial charge on any atom is 0.176 e. The molecule has 0 radical (unpaired) electrons. The zero-order valence-electron chi connectivity index (χ0n) is 11.6. The van der Waals surface area contributed by atoms with Gasteiger partial charge in [-0.1, -0.05) is 30.3 Å². The van der Waals surface area contributed by atoms with Gasteiger partial charge < -0.3 is 5.32 Å². The Morgan fingerprint density at radius 1 is 1.10 bits per heavy atom. The first-order valence-corrected chi connectivity index (χ1v) is 7.94. The summed E-state index contributed by atoms with van der Waals surface area (Å²) in [6.07, 6.45) is 0. The van der Waals surface area contributed by atoms with Crippen molar-refractivity contribution in [1.82, 2.24) is 19.3 Å². The van der Waals surface area contributed by atoms with Crippen molar-refractivity contribution in [3.8, 4) is 11.4 Å². The molecule has 2 heterocycles. The monoisotopic (exact) mass is 315 g/mol. The van der Waals surface area contributed by atoms with E-state index in [0.717, 1.165) is 26.6 Å². The average Bonchev–Trinajstić information content (AvgIpc) is 2.93. The second kappa shape index (κ2) is 6.19. The van der Waals surface area contributed by atoms with E-state index in [1.54, 1.807) is 0 Å². The minimum absolute atomic E-state index is 0.700. The molecule has 0 aliphatic carbocycles. The summed E-state index contributed by atoms with van der Waals surface area (Å²) in [5.74, 6) is 2.27. The summed E-state index contributed by atoms with van der Waals surface area (Å²) in [6.45, 7) is 1.88. The Morgan fingerprint density at radius 3 is 2.57 bits per heavy atom. The van der Waals surface area contributed by atoms with Crippen LogP contribution in [0.15, 0.2) is 45.8 Å². The summed E-state index contributed by atoms with van der Waals surface area (Å²) in [6, 6.07) is 11.8. The second-order valence-electron chi connectivity index (χ2n) is 4.24. The Kier molecular flexibility index (Phi) is 4.12. The highest BCUT2D eigenvalue weighted by Gasteiger charge is 2.09. The number of nitrogens with zero attached hydrogens (tertiary/aromatic N) is 4. The lowest BCUT2D eigenvalue weighted by Crippen LogP contribution is -1.98. The van der Waals surface area contributed by atoms with Gasteiger partial charge in [-0.15, -0.1) is 0 Å². The standard InChI is InChI=1S/C14H13N5S2/c1-9-16-14(21-19-9)20-12-8-11(15-2)17-13(18-12)10-6-4-3-5-7-10/h3-8H,1-2H3,(H,15,17,18). The fourth-order valence-corrected chi connectivity index (χ4v) is 3.33. The fourth-order valence-electron chi connectivity index (χ4n) is 1.73. The van der Waals surface area contributed by atoms with Gasteiger partial charge in [-0.05, 0) is 30.2 Å². The smallest absolute Gasteiger partial charge is 0.176 e. The van der Waals surface area contributed by atoms with Gasteiger partial charge in [-0.3, -0.25) is 0 Å². The molecule has 0 unspecified atom stereocenters. The number of anilines is 1. The molecule has 5 nitrogen and oxygen atoms in total. The zero-order chi connectivity index (χ0) is 14.7. The summed E-state index contributed by atoms with van der Waals surface area (Å²) >= 11 is 2.88. The molecule has 0 spiro atoms. The van der Waals surface area contributed by atoms with E-state index >= 15 is 0 Å². The first-order valence-electron chi connectivity index (χ1n) is 6.35. The highest BCUT2D eigenvalue weighted by atomic mass is 32.2. The molecule has 0 bridgehead atoms. The van der Waals surface area contributed by atoms with Crippen molar-refractivity contribution in [3.63, 3.8) is 0 Å². The minimum Gasteiger partial charge on any atom is -0.373 e. The van der Waals surface area contributed by atoms with E-state index in [4.69, 9.17) is 0 Å². The third kappa shape index (κ3) is 3.37. The molecular weight excluding hydrogens is 302 g/mol. The Hall–Kier alpha value is -1.99. The highest BCUT2D eigenvalue weighted by Crippen LogP contribution is 2.30. The van der Waals surface area contributed by atoms with Crippen LogP contribution < -0.4 is 5.32 Å². The van der Waals surface area contributed by atoms with E-state index in [-0.39, 0.29) is 0 Å². The van der Waals surface area contributed by atoms with Crippen LogP contribution in [0.5, 0.6) is 0 Å². The Morgan fingerprint density at radius 2 is 1.90 bits per heavy atom. The van der Waals surface area contributed by atoms with Crippen LogP contribution in [0.1, 0.15) is 5.82 Å². The topological polar surface area (TPSA) is 63.6 Å². The van der Waals surface area contributed by atoms with Crippen molar-refractivity contribution in [3.05, 3.63) is 42.2 Å². The van der Waals surface area contributed by atoms with E-state index in [9.17, 15) is 0 Å². The number of hydrogen-bond acceptors (Lipinski definition) is 7. The zero-order valence-corrected chi connectivity index (χ0v) is 13.2. The SMILES string of the molecule is CNc1cc(Sc2nc(C)ns2)nc(-c2ccccc2)n1. The molecule has 1 N–H and O–H groups in total. The maximum atomic E-state index is 4.61. The predicted octanol–water partition coefficient (Wildman–Crippen LogP) is 3.50. The van der Waals surface area contributed by atoms with Crippen molar-refractivity contribution in [1.29, 1.82) is 0 Å². The summed E-state index contributed by atoms with van der Waals surface area (Å²) < 4.78 is 5.07. The number of aromatic nitrogens is 4. The van der Waals surface area contributed by atoms with Crippen molar-refractivity contribution in [2.24, 2.45) is 0 Å². The number of benzene rings is 1. The summed E-state index contributed by atoms with van der Waals surface area (Å²) in [5, 5.41) is 3.92. The van der Waals surface area contributed by atoms with E-state index in [1.807, 2.05) is 50.4 Å². The van der Waals surface area contributed by atoms with Gasteiger partial charge in [0.05, 0.1) is 0 Å². The van der Waals surface area contributed by atoms with Crippen molar-refractivity contribution in [2.45, 2.75) is 16.3 Å². The molecule has 3 aromatic rings. The van der Waals surface area contributed by atoms with Crippen LogP contribution in [0.2, 0.25) is 0 Å². The molecule has 106 valence electrons. The number of aryl methyl sites for hydroxylation is 1. The third-order valence-corrected chi connectivity index (χ3v) is 4.45. The van der Waals surface area contributed by atoms with Crippen LogP contribution in [0.3, 0.4) is 0 Å². The first-order chi connectivity index (χ1) is 10.2. The van der Waals surface area contributed by atoms with Crippen LogP contribution in [-0.4, -0.2) is 26.4 Å². The lowest BCUT2D eigenvalue weighted by Gasteiger charge is -2.06. The van der Waals surface area contributed by atoms with E-state index < -0.39 is 0 Å². The highest BCUT2D eigenvalue weighted by molar-refractivity contribution is 8.00. The average molecular weight is 315 g/mol. The molecule has 0 amide bonds. The van der Waals surface area contributed by atoms with Crippen molar-refractivity contribution < 1.29 is 0 Å². The largest absolute Gasteiger partial charge is 0.373 e. The molecular formula is C14H13N5S2. The van der Waals surface area contributed by atoms with Crippen LogP contribution in [-0.2, 0) is 0 Å². The number of hydrogen-bond donors (Lipinski definition) is 1. The molecule has 0 fully saturated rings. The van der Waals surface area contributed by atoms with Gasteiger partial charge in [0.1, 0.15) is 16.7 Å². The van der Waals surface area contributed by atoms with Gasteiger partial charge in [0.2, 0.25) is 0 Å². The summed E-state index contributed by atoms with van der Waals surface area (Å²) in [7, 11) is 1.85. The van der Waals surface area contributed by atoms with Gasteiger partial charge in [0.15, 0.2) is 10.2 Å². The predicted molar refractivity (Wildman–Crippen MR) is 85.8 cm³/mol. The molecule has 0 saturated carbocycles. The third-order valence-electron chi connectivity index (χ3n) is 2.69. The van der Waals surface area contributed by atoms with Crippen LogP contribution in [0.25, 0.3) is 11.4 Å². The Labute approximate surface area is 131 Å². The second-order valence-corrected chi connectivity index (χ2v) is 6.26. The molecule has 0 aliphatic heterocycles. The molecule has 0 saturated heterocycles. The molecule has 0 atom stereocenters. The van der Waals surface area contributed by atoms with Gasteiger partial charge in [-0.2, -0.15) is 4.37 Å². The van der Waals surface area contributed by atoms with E-state index in [0.29, 0.717) is 5.82 Å². The van der Waals surface area contributed by atoms with Crippen molar-refractivity contribution >= 4 is 29.1 Å². The summed E-state index contributed by atoms with van der Waals surface area (Å²) in [5.41, 5.74) is 0.991. The molecule has 7 heteroatoms. The van der Waals surface area contributed by atoms with Crippen LogP contribution in [0.4, 0.5) is 5.82 Å². The van der Waals surface area contributed by atoms with Gasteiger partial charge in [-0.25, -0.2) is 15.0 Å². The molecule has 0 aliphatic rings. The lowest BCUT2D eigenvalue weighted by atomic mass is 10.2.